The molecular formula is C18H23N3O3. The molecule has 0 aliphatic carbocycles. The van der Waals surface area contributed by atoms with E-state index in [9.17, 15) is 4.79 Å². The van der Waals surface area contributed by atoms with Crippen LogP contribution in [0, 0.1) is 0 Å². The number of anilines is 3. The van der Waals surface area contributed by atoms with Crippen LogP contribution < -0.4 is 15.4 Å². The summed E-state index contributed by atoms with van der Waals surface area (Å²) in [6.45, 7) is 8.03. The van der Waals surface area contributed by atoms with Gasteiger partial charge in [-0.25, -0.2) is 9.78 Å². The van der Waals surface area contributed by atoms with Crippen molar-refractivity contribution in [3.63, 3.8) is 0 Å². The number of carbonyl (C=O) groups excluding carboxylic acids is 1. The predicted octanol–water partition coefficient (Wildman–Crippen LogP) is 4.57. The summed E-state index contributed by atoms with van der Waals surface area (Å²) in [5, 5.41) is 5.82. The van der Waals surface area contributed by atoms with Crippen LogP contribution in [0.15, 0.2) is 42.6 Å². The van der Waals surface area contributed by atoms with Gasteiger partial charge in [0.25, 0.3) is 0 Å². The van der Waals surface area contributed by atoms with Gasteiger partial charge in [-0.15, -0.1) is 0 Å². The van der Waals surface area contributed by atoms with Crippen molar-refractivity contribution in [2.45, 2.75) is 33.3 Å². The first-order valence-electron chi connectivity index (χ1n) is 7.81. The first kappa shape index (κ1) is 17.6. The lowest BCUT2D eigenvalue weighted by Crippen LogP contribution is -2.27. The Hall–Kier alpha value is -2.76. The molecule has 1 heterocycles. The van der Waals surface area contributed by atoms with Gasteiger partial charge in [0, 0.05) is 5.69 Å². The smallest absolute Gasteiger partial charge is 0.412 e. The average molecular weight is 329 g/mol. The number of rotatable bonds is 5. The van der Waals surface area contributed by atoms with Gasteiger partial charge in [-0.2, -0.15) is 0 Å². The molecule has 0 unspecified atom stereocenters. The first-order chi connectivity index (χ1) is 11.4. The molecule has 2 aromatic rings. The van der Waals surface area contributed by atoms with Gasteiger partial charge in [-0.1, -0.05) is 0 Å². The lowest BCUT2D eigenvalue weighted by atomic mass is 10.2. The van der Waals surface area contributed by atoms with E-state index in [1.165, 1.54) is 0 Å². The van der Waals surface area contributed by atoms with Crippen LogP contribution in [0.3, 0.4) is 0 Å². The molecule has 0 fully saturated rings. The fourth-order valence-corrected chi connectivity index (χ4v) is 1.91. The Balaban J connectivity index is 1.93. The van der Waals surface area contributed by atoms with E-state index in [0.717, 1.165) is 11.4 Å². The number of carbonyl (C=O) groups is 1. The van der Waals surface area contributed by atoms with Gasteiger partial charge in [-0.3, -0.25) is 5.32 Å². The van der Waals surface area contributed by atoms with Gasteiger partial charge < -0.3 is 14.8 Å². The number of pyridine rings is 1. The number of hydrogen-bond donors (Lipinski definition) is 2. The third-order valence-electron chi connectivity index (χ3n) is 2.85. The van der Waals surface area contributed by atoms with E-state index >= 15 is 0 Å². The fourth-order valence-electron chi connectivity index (χ4n) is 1.91. The fraction of sp³-hybridized carbons (Fsp3) is 0.333. The van der Waals surface area contributed by atoms with Crippen molar-refractivity contribution < 1.29 is 14.3 Å². The van der Waals surface area contributed by atoms with Crippen LogP contribution in [-0.4, -0.2) is 23.3 Å². The minimum Gasteiger partial charge on any atom is -0.494 e. The van der Waals surface area contributed by atoms with E-state index in [4.69, 9.17) is 9.47 Å². The summed E-state index contributed by atoms with van der Waals surface area (Å²) in [6, 6.07) is 11.2. The highest BCUT2D eigenvalue weighted by molar-refractivity contribution is 5.84. The molecule has 0 radical (unpaired) electrons. The Kier molecular flexibility index (Phi) is 5.63. The number of nitrogens with zero attached hydrogens (tertiary/aromatic N) is 1. The van der Waals surface area contributed by atoms with Crippen LogP contribution in [0.25, 0.3) is 0 Å². The normalized spacial score (nSPS) is 10.8. The molecule has 1 aromatic heterocycles. The van der Waals surface area contributed by atoms with Crippen LogP contribution >= 0.6 is 0 Å². The topological polar surface area (TPSA) is 72.5 Å². The molecule has 0 spiro atoms. The van der Waals surface area contributed by atoms with Gasteiger partial charge in [0.2, 0.25) is 0 Å². The summed E-state index contributed by atoms with van der Waals surface area (Å²) in [7, 11) is 0. The quantitative estimate of drug-likeness (QED) is 0.840. The lowest BCUT2D eigenvalue weighted by Gasteiger charge is -2.19. The van der Waals surface area contributed by atoms with E-state index in [1.54, 1.807) is 18.3 Å². The van der Waals surface area contributed by atoms with Crippen LogP contribution in [0.2, 0.25) is 0 Å². The molecule has 0 atom stereocenters. The van der Waals surface area contributed by atoms with Crippen LogP contribution in [0.4, 0.5) is 22.0 Å². The molecule has 0 bridgehead atoms. The van der Waals surface area contributed by atoms with E-state index < -0.39 is 11.7 Å². The summed E-state index contributed by atoms with van der Waals surface area (Å²) < 4.78 is 10.6. The number of aromatic nitrogens is 1. The minimum absolute atomic E-state index is 0.503. The maximum Gasteiger partial charge on any atom is 0.412 e. The highest BCUT2D eigenvalue weighted by Gasteiger charge is 2.16. The lowest BCUT2D eigenvalue weighted by molar-refractivity contribution is 0.0636. The van der Waals surface area contributed by atoms with Crippen LogP contribution in [-0.2, 0) is 4.74 Å². The van der Waals surface area contributed by atoms with Crippen molar-refractivity contribution in [3.8, 4) is 5.75 Å². The number of amides is 1. The number of nitrogens with one attached hydrogen (secondary N) is 2. The van der Waals surface area contributed by atoms with Crippen LogP contribution in [0.5, 0.6) is 5.75 Å². The first-order valence-corrected chi connectivity index (χ1v) is 7.81. The molecule has 0 aliphatic heterocycles. The Bertz CT molecular complexity index is 661. The molecule has 6 nitrogen and oxygen atoms in total. The molecule has 0 saturated carbocycles. The zero-order valence-electron chi connectivity index (χ0n) is 14.4. The van der Waals surface area contributed by atoms with E-state index in [-0.39, 0.29) is 0 Å². The highest BCUT2D eigenvalue weighted by Crippen LogP contribution is 2.20. The predicted molar refractivity (Wildman–Crippen MR) is 95.0 cm³/mol. The molecule has 0 saturated heterocycles. The summed E-state index contributed by atoms with van der Waals surface area (Å²) in [6.07, 6.45) is 1.07. The highest BCUT2D eigenvalue weighted by atomic mass is 16.6. The Morgan fingerprint density at radius 1 is 1.08 bits per heavy atom. The number of hydrogen-bond acceptors (Lipinski definition) is 5. The van der Waals surface area contributed by atoms with E-state index in [2.05, 4.69) is 15.6 Å². The molecule has 128 valence electrons. The second-order valence-electron chi connectivity index (χ2n) is 6.14. The maximum atomic E-state index is 11.7. The maximum absolute atomic E-state index is 11.7. The van der Waals surface area contributed by atoms with Crippen molar-refractivity contribution in [3.05, 3.63) is 42.6 Å². The molecule has 24 heavy (non-hydrogen) atoms. The van der Waals surface area contributed by atoms with Crippen molar-refractivity contribution in [2.75, 3.05) is 17.2 Å². The summed E-state index contributed by atoms with van der Waals surface area (Å²) in [5.74, 6) is 1.50. The van der Waals surface area contributed by atoms with Gasteiger partial charge in [0.05, 0.1) is 18.5 Å². The van der Waals surface area contributed by atoms with Gasteiger partial charge >= 0.3 is 6.09 Å². The number of benzene rings is 1. The third-order valence-corrected chi connectivity index (χ3v) is 2.85. The molecule has 2 rings (SSSR count). The molecule has 0 aliphatic rings. The zero-order valence-corrected chi connectivity index (χ0v) is 14.4. The van der Waals surface area contributed by atoms with Gasteiger partial charge in [-0.05, 0) is 64.1 Å². The third kappa shape index (κ3) is 5.79. The minimum atomic E-state index is -0.535. The largest absolute Gasteiger partial charge is 0.494 e. The monoisotopic (exact) mass is 329 g/mol. The Morgan fingerprint density at radius 3 is 2.29 bits per heavy atom. The summed E-state index contributed by atoms with van der Waals surface area (Å²) in [4.78, 5) is 16.0. The van der Waals surface area contributed by atoms with Gasteiger partial charge in [0.15, 0.2) is 0 Å². The zero-order chi connectivity index (χ0) is 17.6. The Morgan fingerprint density at radius 2 is 1.75 bits per heavy atom. The van der Waals surface area contributed by atoms with Crippen molar-refractivity contribution in [1.29, 1.82) is 0 Å². The SMILES string of the molecule is CCOc1ccc(Nc2ccc(NC(=O)OC(C)(C)C)cn2)cc1. The molecular weight excluding hydrogens is 306 g/mol. The van der Waals surface area contributed by atoms with E-state index in [1.807, 2.05) is 52.0 Å². The molecule has 2 N–H and O–H groups in total. The van der Waals surface area contributed by atoms with Crippen molar-refractivity contribution in [1.82, 2.24) is 4.98 Å². The second-order valence-corrected chi connectivity index (χ2v) is 6.14. The second kappa shape index (κ2) is 7.68. The summed E-state index contributed by atoms with van der Waals surface area (Å²) in [5.41, 5.74) is 0.937. The van der Waals surface area contributed by atoms with Gasteiger partial charge in [0.1, 0.15) is 17.2 Å². The average Bonchev–Trinajstić information content (AvgIpc) is 2.49. The molecule has 6 heteroatoms. The Labute approximate surface area is 142 Å². The van der Waals surface area contributed by atoms with Crippen molar-refractivity contribution in [2.24, 2.45) is 0 Å². The van der Waals surface area contributed by atoms with Crippen molar-refractivity contribution >= 4 is 23.3 Å². The number of ether oxygens (including phenoxy) is 2. The van der Waals surface area contributed by atoms with E-state index in [0.29, 0.717) is 18.1 Å². The molecule has 1 amide bonds. The molecule has 1 aromatic carbocycles. The standard InChI is InChI=1S/C18H23N3O3/c1-5-23-15-9-6-13(7-10-15)20-16-11-8-14(12-19-16)21-17(22)24-18(2,3)4/h6-12H,5H2,1-4H3,(H,19,20)(H,21,22). The van der Waals surface area contributed by atoms with Crippen LogP contribution in [0.1, 0.15) is 27.7 Å². The summed E-state index contributed by atoms with van der Waals surface area (Å²) >= 11 is 0.